The predicted octanol–water partition coefficient (Wildman–Crippen LogP) is 4.69. The van der Waals surface area contributed by atoms with E-state index < -0.39 is 0 Å². The topological polar surface area (TPSA) is 79.7 Å². The summed E-state index contributed by atoms with van der Waals surface area (Å²) < 4.78 is 5.53. The number of benzene rings is 1. The molecule has 164 valence electrons. The number of hydrogen-bond acceptors (Lipinski definition) is 9. The zero-order valence-corrected chi connectivity index (χ0v) is 19.8. The van der Waals surface area contributed by atoms with Crippen molar-refractivity contribution in [2.75, 3.05) is 11.9 Å². The number of nitrogens with one attached hydrogen (secondary N) is 1. The molecule has 2 fully saturated rings. The van der Waals surface area contributed by atoms with Crippen LogP contribution in [-0.2, 0) is 0 Å². The number of anilines is 1. The second-order valence-corrected chi connectivity index (χ2v) is 10.6. The monoisotopic (exact) mass is 463 g/mol. The third kappa shape index (κ3) is 3.58. The van der Waals surface area contributed by atoms with Crippen LogP contribution in [0.25, 0.3) is 31.9 Å². The van der Waals surface area contributed by atoms with Gasteiger partial charge in [-0.1, -0.05) is 18.6 Å². The molecule has 3 atom stereocenters. The van der Waals surface area contributed by atoms with Gasteiger partial charge in [0.15, 0.2) is 0 Å². The maximum atomic E-state index is 4.71. The molecule has 3 aromatic heterocycles. The second-order valence-electron chi connectivity index (χ2n) is 8.89. The number of fused-ring (bicyclic) bond motifs is 3. The van der Waals surface area contributed by atoms with Crippen molar-refractivity contribution in [1.29, 1.82) is 0 Å². The molecule has 4 aromatic rings. The molecule has 0 radical (unpaired) electrons. The lowest BCUT2D eigenvalue weighted by Gasteiger charge is -2.43. The molecule has 0 saturated carbocycles. The van der Waals surface area contributed by atoms with E-state index in [1.807, 2.05) is 18.6 Å². The molecule has 7 nitrogen and oxygen atoms in total. The highest BCUT2D eigenvalue weighted by Gasteiger charge is 2.33. The van der Waals surface area contributed by atoms with Crippen molar-refractivity contribution in [3.63, 3.8) is 0 Å². The van der Waals surface area contributed by atoms with Gasteiger partial charge in [-0.25, -0.2) is 9.97 Å². The Bertz CT molecular complexity index is 1240. The molecule has 0 aliphatic carbocycles. The average molecular weight is 464 g/mol. The van der Waals surface area contributed by atoms with E-state index in [4.69, 9.17) is 4.98 Å². The van der Waals surface area contributed by atoms with E-state index in [0.717, 1.165) is 50.5 Å². The highest BCUT2D eigenvalue weighted by Crippen LogP contribution is 2.38. The molecule has 2 bridgehead atoms. The van der Waals surface area contributed by atoms with E-state index in [-0.39, 0.29) is 0 Å². The summed E-state index contributed by atoms with van der Waals surface area (Å²) in [4.78, 5) is 12.7. The predicted molar refractivity (Wildman–Crippen MR) is 130 cm³/mol. The van der Waals surface area contributed by atoms with E-state index in [2.05, 4.69) is 55.0 Å². The maximum absolute atomic E-state index is 4.71. The molecule has 5 heterocycles. The molecular weight excluding hydrogens is 438 g/mol. The quantitative estimate of drug-likeness (QED) is 0.470. The third-order valence-electron chi connectivity index (χ3n) is 6.76. The normalized spacial score (nSPS) is 22.9. The SMILES string of the molecule is Cc1cc(-c2ccc(-c3cnc(N(C)C4C[C@H]5CCC[C@@H](C4)N5)nn3)c3scnc23)sn1. The second kappa shape index (κ2) is 8.13. The van der Waals surface area contributed by atoms with Gasteiger partial charge in [-0.05, 0) is 50.2 Å². The first-order chi connectivity index (χ1) is 15.7. The van der Waals surface area contributed by atoms with Crippen LogP contribution in [0.1, 0.15) is 37.8 Å². The van der Waals surface area contributed by atoms with Gasteiger partial charge in [0.1, 0.15) is 5.69 Å². The first kappa shape index (κ1) is 20.1. The molecule has 6 rings (SSSR count). The Hall–Kier alpha value is -2.49. The fourth-order valence-corrected chi connectivity index (χ4v) is 6.73. The summed E-state index contributed by atoms with van der Waals surface area (Å²) in [5, 5.41) is 12.9. The largest absolute Gasteiger partial charge is 0.339 e. The molecule has 2 aliphatic rings. The third-order valence-corrected chi connectivity index (χ3v) is 8.53. The number of thiazole rings is 1. The summed E-state index contributed by atoms with van der Waals surface area (Å²) in [5.41, 5.74) is 6.83. The Morgan fingerprint density at radius 3 is 2.59 bits per heavy atom. The van der Waals surface area contributed by atoms with Crippen molar-refractivity contribution in [2.24, 2.45) is 0 Å². The Labute approximate surface area is 195 Å². The molecule has 2 aliphatic heterocycles. The number of hydrogen-bond donors (Lipinski definition) is 1. The van der Waals surface area contributed by atoms with Crippen LogP contribution < -0.4 is 10.2 Å². The van der Waals surface area contributed by atoms with Crippen molar-refractivity contribution < 1.29 is 0 Å². The zero-order chi connectivity index (χ0) is 21.7. The Kier molecular flexibility index (Phi) is 5.12. The average Bonchev–Trinajstić information content (AvgIpc) is 3.47. The smallest absolute Gasteiger partial charge is 0.245 e. The lowest BCUT2D eigenvalue weighted by atomic mass is 9.83. The molecule has 9 heteroatoms. The number of aryl methyl sites for hydroxylation is 1. The number of rotatable bonds is 4. The summed E-state index contributed by atoms with van der Waals surface area (Å²) in [5.74, 6) is 0.705. The fraction of sp³-hybridized carbons (Fsp3) is 0.435. The number of nitrogens with zero attached hydrogens (tertiary/aromatic N) is 6. The van der Waals surface area contributed by atoms with Crippen molar-refractivity contribution in [3.05, 3.63) is 35.6 Å². The van der Waals surface area contributed by atoms with Gasteiger partial charge < -0.3 is 10.2 Å². The molecule has 1 unspecified atom stereocenters. The molecule has 0 spiro atoms. The lowest BCUT2D eigenvalue weighted by Crippen LogP contribution is -2.54. The maximum Gasteiger partial charge on any atom is 0.245 e. The number of aromatic nitrogens is 5. The highest BCUT2D eigenvalue weighted by molar-refractivity contribution is 7.17. The van der Waals surface area contributed by atoms with Gasteiger partial charge in [-0.15, -0.1) is 21.5 Å². The van der Waals surface area contributed by atoms with Crippen LogP contribution in [-0.4, -0.2) is 49.7 Å². The van der Waals surface area contributed by atoms with Gasteiger partial charge in [0, 0.05) is 36.3 Å². The number of piperidine rings is 2. The van der Waals surface area contributed by atoms with E-state index in [1.165, 1.54) is 30.8 Å². The summed E-state index contributed by atoms with van der Waals surface area (Å²) in [6, 6.07) is 8.05. The standard InChI is InChI=1S/C23H25N7S2/c1-13-8-20(32-29-13)18-7-6-17(22-21(18)25-12-31-22)19-11-24-23(28-27-19)30(2)16-9-14-4-3-5-15(10-16)26-14/h6-8,11-12,14-16,26H,3-5,9-10H2,1-2H3/t14-,15+,16?. The minimum absolute atomic E-state index is 0.467. The van der Waals surface area contributed by atoms with E-state index in [1.54, 1.807) is 11.3 Å². The van der Waals surface area contributed by atoms with Gasteiger partial charge in [0.2, 0.25) is 5.95 Å². The van der Waals surface area contributed by atoms with Crippen LogP contribution >= 0.6 is 22.9 Å². The van der Waals surface area contributed by atoms with Gasteiger partial charge in [-0.2, -0.15) is 4.37 Å². The first-order valence-corrected chi connectivity index (χ1v) is 12.8. The van der Waals surface area contributed by atoms with E-state index >= 15 is 0 Å². The van der Waals surface area contributed by atoms with Gasteiger partial charge in [-0.3, -0.25) is 0 Å². The minimum Gasteiger partial charge on any atom is -0.339 e. The van der Waals surface area contributed by atoms with Crippen LogP contribution in [0.4, 0.5) is 5.95 Å². The highest BCUT2D eigenvalue weighted by atomic mass is 32.1. The van der Waals surface area contributed by atoms with Crippen molar-refractivity contribution in [3.8, 4) is 21.7 Å². The molecule has 32 heavy (non-hydrogen) atoms. The molecule has 0 amide bonds. The Balaban J connectivity index is 1.28. The van der Waals surface area contributed by atoms with Crippen molar-refractivity contribution >= 4 is 39.0 Å². The van der Waals surface area contributed by atoms with Crippen molar-refractivity contribution in [2.45, 2.75) is 57.2 Å². The van der Waals surface area contributed by atoms with Gasteiger partial charge >= 0.3 is 0 Å². The molecule has 1 N–H and O–H groups in total. The first-order valence-electron chi connectivity index (χ1n) is 11.1. The zero-order valence-electron chi connectivity index (χ0n) is 18.2. The fourth-order valence-electron chi connectivity index (χ4n) is 5.11. The van der Waals surface area contributed by atoms with Crippen LogP contribution in [0, 0.1) is 6.92 Å². The molecule has 1 aromatic carbocycles. The molecular formula is C23H25N7S2. The summed E-state index contributed by atoms with van der Waals surface area (Å²) >= 11 is 3.14. The van der Waals surface area contributed by atoms with Crippen LogP contribution in [0.15, 0.2) is 29.9 Å². The Morgan fingerprint density at radius 2 is 1.88 bits per heavy atom. The van der Waals surface area contributed by atoms with Crippen LogP contribution in [0.3, 0.4) is 0 Å². The summed E-state index contributed by atoms with van der Waals surface area (Å²) in [6.07, 6.45) is 8.06. The van der Waals surface area contributed by atoms with E-state index in [0.29, 0.717) is 24.1 Å². The molecule has 2 saturated heterocycles. The van der Waals surface area contributed by atoms with Crippen LogP contribution in [0.5, 0.6) is 0 Å². The lowest BCUT2D eigenvalue weighted by molar-refractivity contribution is 0.218. The Morgan fingerprint density at radius 1 is 1.06 bits per heavy atom. The van der Waals surface area contributed by atoms with Gasteiger partial charge in [0.25, 0.3) is 0 Å². The van der Waals surface area contributed by atoms with E-state index in [9.17, 15) is 0 Å². The van der Waals surface area contributed by atoms with Crippen molar-refractivity contribution in [1.82, 2.24) is 29.9 Å². The van der Waals surface area contributed by atoms with Crippen LogP contribution in [0.2, 0.25) is 0 Å². The summed E-state index contributed by atoms with van der Waals surface area (Å²) in [7, 11) is 2.11. The minimum atomic E-state index is 0.467. The van der Waals surface area contributed by atoms with Gasteiger partial charge in [0.05, 0.1) is 32.5 Å². The summed E-state index contributed by atoms with van der Waals surface area (Å²) in [6.45, 7) is 2.02.